The summed E-state index contributed by atoms with van der Waals surface area (Å²) in [6.45, 7) is 3.46. The largest absolute Gasteiger partial charge is 0.349 e. The predicted octanol–water partition coefficient (Wildman–Crippen LogP) is 2.56. The van der Waals surface area contributed by atoms with Crippen molar-refractivity contribution in [2.45, 2.75) is 25.8 Å². The zero-order valence-electron chi connectivity index (χ0n) is 11.3. The molecular formula is C14H19ClF2N2O. The van der Waals surface area contributed by atoms with Gasteiger partial charge in [-0.15, -0.1) is 12.4 Å². The average Bonchev–Trinajstić information content (AvgIpc) is 2.42. The summed E-state index contributed by atoms with van der Waals surface area (Å²) in [6.07, 6.45) is 1.63. The molecule has 1 aliphatic heterocycles. The lowest BCUT2D eigenvalue weighted by molar-refractivity contribution is -0.126. The van der Waals surface area contributed by atoms with E-state index in [-0.39, 0.29) is 30.3 Å². The highest BCUT2D eigenvalue weighted by Crippen LogP contribution is 2.18. The van der Waals surface area contributed by atoms with Gasteiger partial charge in [-0.25, -0.2) is 8.78 Å². The van der Waals surface area contributed by atoms with Crippen LogP contribution in [0, 0.1) is 17.6 Å². The summed E-state index contributed by atoms with van der Waals surface area (Å²) in [5.74, 6) is -1.77. The Balaban J connectivity index is 0.00000200. The fourth-order valence-corrected chi connectivity index (χ4v) is 2.28. The van der Waals surface area contributed by atoms with E-state index in [1.807, 2.05) is 0 Å². The molecule has 112 valence electrons. The Kier molecular flexibility index (Phi) is 6.36. The van der Waals surface area contributed by atoms with Crippen LogP contribution in [-0.2, 0) is 4.79 Å². The van der Waals surface area contributed by atoms with Crippen molar-refractivity contribution in [3.05, 3.63) is 35.4 Å². The Bertz CT molecular complexity index is 464. The summed E-state index contributed by atoms with van der Waals surface area (Å²) in [4.78, 5) is 12.0. The molecule has 2 N–H and O–H groups in total. The quantitative estimate of drug-likeness (QED) is 0.901. The fourth-order valence-electron chi connectivity index (χ4n) is 2.28. The second-order valence-corrected chi connectivity index (χ2v) is 4.93. The average molecular weight is 305 g/mol. The van der Waals surface area contributed by atoms with Crippen LogP contribution in [0.1, 0.15) is 31.4 Å². The van der Waals surface area contributed by atoms with E-state index in [1.165, 1.54) is 6.07 Å². The monoisotopic (exact) mass is 304 g/mol. The van der Waals surface area contributed by atoms with Gasteiger partial charge in [0.25, 0.3) is 0 Å². The summed E-state index contributed by atoms with van der Waals surface area (Å²) in [7, 11) is 0. The van der Waals surface area contributed by atoms with Crippen molar-refractivity contribution < 1.29 is 13.6 Å². The van der Waals surface area contributed by atoms with E-state index in [0.717, 1.165) is 38.1 Å². The molecule has 1 aromatic rings. The third-order valence-electron chi connectivity index (χ3n) is 3.51. The maximum Gasteiger partial charge on any atom is 0.223 e. The molecule has 1 fully saturated rings. The van der Waals surface area contributed by atoms with Crippen LogP contribution >= 0.6 is 12.4 Å². The SMILES string of the molecule is CC(NC(=O)C1CCNCC1)c1ccc(F)c(F)c1.Cl. The van der Waals surface area contributed by atoms with Crippen molar-refractivity contribution >= 4 is 18.3 Å². The van der Waals surface area contributed by atoms with Crippen LogP contribution in [-0.4, -0.2) is 19.0 Å². The van der Waals surface area contributed by atoms with Crippen molar-refractivity contribution in [3.8, 4) is 0 Å². The lowest BCUT2D eigenvalue weighted by Gasteiger charge is -2.24. The Morgan fingerprint density at radius 3 is 2.55 bits per heavy atom. The summed E-state index contributed by atoms with van der Waals surface area (Å²) >= 11 is 0. The number of hydrogen-bond donors (Lipinski definition) is 2. The molecule has 1 amide bonds. The van der Waals surface area contributed by atoms with E-state index >= 15 is 0 Å². The van der Waals surface area contributed by atoms with E-state index in [0.29, 0.717) is 5.56 Å². The number of amides is 1. The third-order valence-corrected chi connectivity index (χ3v) is 3.51. The Morgan fingerprint density at radius 1 is 1.30 bits per heavy atom. The molecule has 2 rings (SSSR count). The van der Waals surface area contributed by atoms with Crippen LogP contribution in [0.25, 0.3) is 0 Å². The summed E-state index contributed by atoms with van der Waals surface area (Å²) in [6, 6.07) is 3.38. The van der Waals surface area contributed by atoms with Crippen LogP contribution in [0.3, 0.4) is 0 Å². The zero-order chi connectivity index (χ0) is 13.8. The number of hydrogen-bond acceptors (Lipinski definition) is 2. The molecule has 0 bridgehead atoms. The van der Waals surface area contributed by atoms with Gasteiger partial charge in [-0.2, -0.15) is 0 Å². The van der Waals surface area contributed by atoms with Crippen LogP contribution in [0.2, 0.25) is 0 Å². The van der Waals surface area contributed by atoms with Crippen molar-refractivity contribution in [2.24, 2.45) is 5.92 Å². The van der Waals surface area contributed by atoms with Gasteiger partial charge in [-0.05, 0) is 50.6 Å². The van der Waals surface area contributed by atoms with E-state index in [4.69, 9.17) is 0 Å². The highest BCUT2D eigenvalue weighted by atomic mass is 35.5. The minimum Gasteiger partial charge on any atom is -0.349 e. The zero-order valence-corrected chi connectivity index (χ0v) is 12.1. The molecule has 0 aromatic heterocycles. The number of rotatable bonds is 3. The maximum atomic E-state index is 13.1. The molecule has 1 aliphatic rings. The highest BCUT2D eigenvalue weighted by Gasteiger charge is 2.22. The molecule has 1 heterocycles. The topological polar surface area (TPSA) is 41.1 Å². The maximum absolute atomic E-state index is 13.1. The van der Waals surface area contributed by atoms with E-state index < -0.39 is 11.6 Å². The molecule has 6 heteroatoms. The normalized spacial score (nSPS) is 17.1. The van der Waals surface area contributed by atoms with Gasteiger partial charge in [0.1, 0.15) is 0 Å². The Hall–Kier alpha value is -1.20. The highest BCUT2D eigenvalue weighted by molar-refractivity contribution is 5.85. The standard InChI is InChI=1S/C14H18F2N2O.ClH/c1-9(11-2-3-12(15)13(16)8-11)18-14(19)10-4-6-17-7-5-10;/h2-3,8-10,17H,4-7H2,1H3,(H,18,19);1H. The number of nitrogens with one attached hydrogen (secondary N) is 2. The molecular weight excluding hydrogens is 286 g/mol. The number of carbonyl (C=O) groups excluding carboxylic acids is 1. The van der Waals surface area contributed by atoms with E-state index in [2.05, 4.69) is 10.6 Å². The molecule has 1 saturated heterocycles. The first-order chi connectivity index (χ1) is 9.08. The minimum atomic E-state index is -0.888. The van der Waals surface area contributed by atoms with Crippen LogP contribution in [0.15, 0.2) is 18.2 Å². The molecule has 3 nitrogen and oxygen atoms in total. The van der Waals surface area contributed by atoms with Crippen molar-refractivity contribution in [2.75, 3.05) is 13.1 Å². The van der Waals surface area contributed by atoms with Gasteiger partial charge < -0.3 is 10.6 Å². The van der Waals surface area contributed by atoms with Crippen molar-refractivity contribution in [1.82, 2.24) is 10.6 Å². The van der Waals surface area contributed by atoms with E-state index in [1.54, 1.807) is 6.92 Å². The molecule has 0 saturated carbocycles. The van der Waals surface area contributed by atoms with E-state index in [9.17, 15) is 13.6 Å². The predicted molar refractivity (Wildman–Crippen MR) is 75.8 cm³/mol. The van der Waals surface area contributed by atoms with Gasteiger partial charge in [0.2, 0.25) is 5.91 Å². The number of halogens is 3. The van der Waals surface area contributed by atoms with Gasteiger partial charge in [0.15, 0.2) is 11.6 Å². The summed E-state index contributed by atoms with van der Waals surface area (Å²) < 4.78 is 26.0. The first kappa shape index (κ1) is 16.9. The third kappa shape index (κ3) is 4.15. The lowest BCUT2D eigenvalue weighted by atomic mass is 9.96. The molecule has 1 aromatic carbocycles. The molecule has 20 heavy (non-hydrogen) atoms. The van der Waals surface area contributed by atoms with Crippen molar-refractivity contribution in [1.29, 1.82) is 0 Å². The van der Waals surface area contributed by atoms with Crippen LogP contribution in [0.4, 0.5) is 8.78 Å². The molecule has 0 radical (unpaired) electrons. The number of piperidine rings is 1. The Labute approximate surface area is 123 Å². The van der Waals surface area contributed by atoms with Crippen LogP contribution < -0.4 is 10.6 Å². The van der Waals surface area contributed by atoms with Gasteiger partial charge >= 0.3 is 0 Å². The molecule has 0 aliphatic carbocycles. The second-order valence-electron chi connectivity index (χ2n) is 4.93. The number of benzene rings is 1. The molecule has 1 unspecified atom stereocenters. The lowest BCUT2D eigenvalue weighted by Crippen LogP contribution is -2.39. The Morgan fingerprint density at radius 2 is 1.95 bits per heavy atom. The molecule has 0 spiro atoms. The first-order valence-electron chi connectivity index (χ1n) is 6.54. The minimum absolute atomic E-state index is 0. The second kappa shape index (κ2) is 7.55. The summed E-state index contributed by atoms with van der Waals surface area (Å²) in [5, 5.41) is 6.05. The van der Waals surface area contributed by atoms with Gasteiger partial charge in [0.05, 0.1) is 6.04 Å². The first-order valence-corrected chi connectivity index (χ1v) is 6.54. The number of carbonyl (C=O) groups is 1. The van der Waals surface area contributed by atoms with Gasteiger partial charge in [-0.3, -0.25) is 4.79 Å². The van der Waals surface area contributed by atoms with Gasteiger partial charge in [-0.1, -0.05) is 6.07 Å². The fraction of sp³-hybridized carbons (Fsp3) is 0.500. The van der Waals surface area contributed by atoms with Crippen molar-refractivity contribution in [3.63, 3.8) is 0 Å². The van der Waals surface area contributed by atoms with Gasteiger partial charge in [0, 0.05) is 5.92 Å². The molecule has 1 atom stereocenters. The summed E-state index contributed by atoms with van der Waals surface area (Å²) in [5.41, 5.74) is 0.571. The van der Waals surface area contributed by atoms with Crippen LogP contribution in [0.5, 0.6) is 0 Å². The smallest absolute Gasteiger partial charge is 0.223 e.